The molecule has 0 radical (unpaired) electrons. The van der Waals surface area contributed by atoms with Crippen LogP contribution in [0.4, 0.5) is 10.5 Å². The van der Waals surface area contributed by atoms with Crippen molar-refractivity contribution < 1.29 is 9.59 Å². The van der Waals surface area contributed by atoms with Gasteiger partial charge in [-0.3, -0.25) is 14.7 Å². The van der Waals surface area contributed by atoms with Crippen molar-refractivity contribution in [1.82, 2.24) is 10.2 Å². The number of hydrogen-bond acceptors (Lipinski definition) is 3. The molecule has 3 amide bonds. The van der Waals surface area contributed by atoms with Crippen molar-refractivity contribution in [3.05, 3.63) is 29.8 Å². The number of guanidine groups is 1. The van der Waals surface area contributed by atoms with Gasteiger partial charge in [0.2, 0.25) is 0 Å². The first-order chi connectivity index (χ1) is 11.5. The Kier molecular flexibility index (Phi) is 6.26. The fourth-order valence-corrected chi connectivity index (χ4v) is 3.38. The molecule has 1 aliphatic heterocycles. The van der Waals surface area contributed by atoms with Crippen molar-refractivity contribution in [2.24, 2.45) is 10.7 Å². The van der Waals surface area contributed by atoms with Crippen LogP contribution in [0.5, 0.6) is 0 Å². The van der Waals surface area contributed by atoms with E-state index >= 15 is 0 Å². The predicted octanol–water partition coefficient (Wildman–Crippen LogP) is 2.20. The molecule has 136 valence electrons. The zero-order valence-corrected chi connectivity index (χ0v) is 16.6. The maximum Gasteiger partial charge on any atom is 0.325 e. The molecule has 0 bridgehead atoms. The van der Waals surface area contributed by atoms with Gasteiger partial charge in [-0.25, -0.2) is 4.79 Å². The lowest BCUT2D eigenvalue weighted by Gasteiger charge is -2.19. The second-order valence-corrected chi connectivity index (χ2v) is 6.44. The number of aliphatic imine (C=N–C) groups is 1. The Hall–Kier alpha value is -1.84. The van der Waals surface area contributed by atoms with Gasteiger partial charge in [0.25, 0.3) is 5.91 Å². The molecule has 1 aromatic rings. The van der Waals surface area contributed by atoms with E-state index < -0.39 is 5.54 Å². The van der Waals surface area contributed by atoms with Crippen LogP contribution in [0.25, 0.3) is 0 Å². The summed E-state index contributed by atoms with van der Waals surface area (Å²) in [5.74, 6) is 0.147. The summed E-state index contributed by atoms with van der Waals surface area (Å²) in [6.45, 7) is 2.51. The number of hydrogen-bond donors (Lipinski definition) is 3. The summed E-state index contributed by atoms with van der Waals surface area (Å²) in [6, 6.07) is 7.47. The Morgan fingerprint density at radius 3 is 2.76 bits per heavy atom. The Bertz CT molecular complexity index is 685. The summed E-state index contributed by atoms with van der Waals surface area (Å²) in [4.78, 5) is 30.0. The molecule has 1 heterocycles. The molecule has 1 spiro atoms. The lowest BCUT2D eigenvalue weighted by Crippen LogP contribution is -2.44. The van der Waals surface area contributed by atoms with Gasteiger partial charge in [0.15, 0.2) is 5.96 Å². The smallest absolute Gasteiger partial charge is 0.325 e. The number of aryl methyl sites for hydroxylation is 1. The fourth-order valence-electron chi connectivity index (χ4n) is 3.38. The second-order valence-electron chi connectivity index (χ2n) is 6.44. The molecule has 0 atom stereocenters. The average molecular weight is 457 g/mol. The summed E-state index contributed by atoms with van der Waals surface area (Å²) in [5, 5.41) is 5.86. The number of imide groups is 1. The molecule has 2 aliphatic rings. The number of benzene rings is 1. The number of nitrogens with zero attached hydrogens (tertiary/aromatic N) is 2. The summed E-state index contributed by atoms with van der Waals surface area (Å²) >= 11 is 0. The summed E-state index contributed by atoms with van der Waals surface area (Å²) in [6.07, 6.45) is 3.42. The van der Waals surface area contributed by atoms with E-state index in [4.69, 9.17) is 5.73 Å². The van der Waals surface area contributed by atoms with Crippen LogP contribution in [0.15, 0.2) is 29.3 Å². The van der Waals surface area contributed by atoms with Gasteiger partial charge in [-0.15, -0.1) is 24.0 Å². The van der Waals surface area contributed by atoms with Crippen molar-refractivity contribution in [3.63, 3.8) is 0 Å². The molecule has 8 heteroatoms. The Morgan fingerprint density at radius 1 is 1.36 bits per heavy atom. The highest BCUT2D eigenvalue weighted by atomic mass is 127. The van der Waals surface area contributed by atoms with Gasteiger partial charge in [0, 0.05) is 5.69 Å². The first kappa shape index (κ1) is 19.5. The molecule has 1 aliphatic carbocycles. The number of carbonyl (C=O) groups excluding carboxylic acids is 2. The average Bonchev–Trinajstić information content (AvgIpc) is 3.08. The molecule has 4 N–H and O–H groups in total. The molecule has 25 heavy (non-hydrogen) atoms. The molecule has 7 nitrogen and oxygen atoms in total. The number of rotatable bonds is 4. The first-order valence-electron chi connectivity index (χ1n) is 8.28. The van der Waals surface area contributed by atoms with Gasteiger partial charge in [-0.2, -0.15) is 0 Å². The van der Waals surface area contributed by atoms with Crippen LogP contribution in [0.3, 0.4) is 0 Å². The number of nitrogens with two attached hydrogens (primary N) is 1. The number of carbonyl (C=O) groups is 2. The molecule has 1 saturated carbocycles. The lowest BCUT2D eigenvalue weighted by molar-refractivity contribution is -0.131. The van der Waals surface area contributed by atoms with E-state index in [1.54, 1.807) is 0 Å². The Morgan fingerprint density at radius 2 is 2.08 bits per heavy atom. The molecule has 0 aromatic heterocycles. The molecule has 2 fully saturated rings. The van der Waals surface area contributed by atoms with E-state index in [1.807, 2.05) is 31.2 Å². The molecule has 0 unspecified atom stereocenters. The largest absolute Gasteiger partial charge is 0.370 e. The third-order valence-electron chi connectivity index (χ3n) is 4.60. The quantitative estimate of drug-likeness (QED) is 0.280. The van der Waals surface area contributed by atoms with E-state index in [9.17, 15) is 9.59 Å². The molecule has 1 aromatic carbocycles. The molecular formula is C17H24IN5O2. The summed E-state index contributed by atoms with van der Waals surface area (Å²) < 4.78 is 0. The number of anilines is 1. The summed E-state index contributed by atoms with van der Waals surface area (Å²) in [5.41, 5.74) is 7.18. The number of nitrogens with one attached hydrogen (secondary N) is 2. The monoisotopic (exact) mass is 457 g/mol. The third kappa shape index (κ3) is 4.23. The predicted molar refractivity (Wildman–Crippen MR) is 108 cm³/mol. The highest BCUT2D eigenvalue weighted by Gasteiger charge is 2.52. The molecular weight excluding hydrogens is 433 g/mol. The minimum atomic E-state index is -0.661. The second kappa shape index (κ2) is 8.03. The third-order valence-corrected chi connectivity index (χ3v) is 4.60. The molecule has 1 saturated heterocycles. The van der Waals surface area contributed by atoms with Gasteiger partial charge in [-0.05, 0) is 37.5 Å². The van der Waals surface area contributed by atoms with E-state index in [0.29, 0.717) is 0 Å². The van der Waals surface area contributed by atoms with Gasteiger partial charge in [-0.1, -0.05) is 25.0 Å². The molecule has 3 rings (SSSR count). The fraction of sp³-hybridized carbons (Fsp3) is 0.471. The minimum Gasteiger partial charge on any atom is -0.370 e. The number of halogens is 1. The van der Waals surface area contributed by atoms with Crippen molar-refractivity contribution in [2.45, 2.75) is 38.1 Å². The van der Waals surface area contributed by atoms with Gasteiger partial charge in [0.1, 0.15) is 5.54 Å². The van der Waals surface area contributed by atoms with E-state index in [1.165, 1.54) is 4.90 Å². The number of urea groups is 1. The van der Waals surface area contributed by atoms with Crippen LogP contribution >= 0.6 is 24.0 Å². The highest BCUT2D eigenvalue weighted by Crippen LogP contribution is 2.34. The maximum atomic E-state index is 12.5. The Labute approximate surface area is 164 Å². The maximum absolute atomic E-state index is 12.5. The van der Waals surface area contributed by atoms with Gasteiger partial charge < -0.3 is 16.4 Å². The summed E-state index contributed by atoms with van der Waals surface area (Å²) in [7, 11) is 0. The van der Waals surface area contributed by atoms with Crippen LogP contribution in [0, 0.1) is 6.92 Å². The van der Waals surface area contributed by atoms with Crippen LogP contribution in [-0.2, 0) is 4.79 Å². The zero-order valence-electron chi connectivity index (χ0n) is 14.2. The highest BCUT2D eigenvalue weighted by molar-refractivity contribution is 14.0. The van der Waals surface area contributed by atoms with Gasteiger partial charge >= 0.3 is 6.03 Å². The van der Waals surface area contributed by atoms with Crippen molar-refractivity contribution in [3.8, 4) is 0 Å². The van der Waals surface area contributed by atoms with E-state index in [-0.39, 0.29) is 55.0 Å². The van der Waals surface area contributed by atoms with E-state index in [0.717, 1.165) is 36.9 Å². The standard InChI is InChI=1S/C17H23N5O2.HI/c1-12-5-4-6-13(11-12)20-15(18)19-9-10-22-14(23)17(21-16(22)24)7-2-3-8-17;/h4-6,11H,2-3,7-10H2,1H3,(H,21,24)(H3,18,19,20);1H. The SMILES string of the molecule is Cc1cccc(NC(N)=NCCN2C(=O)NC3(CCCC3)C2=O)c1.I. The van der Waals surface area contributed by atoms with Crippen LogP contribution in [-0.4, -0.2) is 41.4 Å². The minimum absolute atomic E-state index is 0. The normalized spacial score (nSPS) is 19.1. The lowest BCUT2D eigenvalue weighted by atomic mass is 9.98. The first-order valence-corrected chi connectivity index (χ1v) is 8.28. The van der Waals surface area contributed by atoms with Crippen LogP contribution in [0.2, 0.25) is 0 Å². The van der Waals surface area contributed by atoms with E-state index in [2.05, 4.69) is 15.6 Å². The van der Waals surface area contributed by atoms with Crippen molar-refractivity contribution in [1.29, 1.82) is 0 Å². The van der Waals surface area contributed by atoms with Crippen LogP contribution in [0.1, 0.15) is 31.2 Å². The van der Waals surface area contributed by atoms with Crippen molar-refractivity contribution in [2.75, 3.05) is 18.4 Å². The van der Waals surface area contributed by atoms with Crippen LogP contribution < -0.4 is 16.4 Å². The topological polar surface area (TPSA) is 99.8 Å². The number of amides is 3. The van der Waals surface area contributed by atoms with Crippen molar-refractivity contribution >= 4 is 47.6 Å². The Balaban J connectivity index is 0.00000225. The zero-order chi connectivity index (χ0) is 17.2. The van der Waals surface area contributed by atoms with Gasteiger partial charge in [0.05, 0.1) is 13.1 Å².